The third kappa shape index (κ3) is 4.83. The van der Waals surface area contributed by atoms with Crippen LogP contribution in [0.2, 0.25) is 0 Å². The number of Topliss-reactive ketones (excluding diaryl/α,β-unsaturated/α-hetero) is 1. The van der Waals surface area contributed by atoms with Crippen molar-refractivity contribution in [3.63, 3.8) is 0 Å². The molecule has 0 saturated carbocycles. The average Bonchev–Trinajstić information content (AvgIpc) is 3.43. The molecule has 3 saturated heterocycles. The Hall–Kier alpha value is -3.62. The fraction of sp³-hybridized carbons (Fsp3) is 0.452. The number of hydrogen-bond acceptors (Lipinski definition) is 9. The van der Waals surface area contributed by atoms with Crippen LogP contribution in [-0.2, 0) is 39.4 Å². The predicted molar refractivity (Wildman–Crippen MR) is 160 cm³/mol. The number of rotatable bonds is 8. The van der Waals surface area contributed by atoms with Crippen molar-refractivity contribution in [3.05, 3.63) is 65.2 Å². The summed E-state index contributed by atoms with van der Waals surface area (Å²) in [4.78, 5) is 47.2. The molecule has 6 rings (SSSR count). The molecule has 1 spiro atoms. The zero-order chi connectivity index (χ0) is 31.1. The maximum Gasteiger partial charge on any atom is 0.296 e. The van der Waals surface area contributed by atoms with Crippen LogP contribution in [-0.4, -0.2) is 117 Å². The third-order valence-electron chi connectivity index (χ3n) is 8.74. The number of benzene rings is 2. The number of anilines is 1. The summed E-state index contributed by atoms with van der Waals surface area (Å²) in [7, 11) is -3.80. The van der Waals surface area contributed by atoms with E-state index in [0.29, 0.717) is 70.3 Å². The van der Waals surface area contributed by atoms with Crippen LogP contribution in [0.3, 0.4) is 0 Å². The van der Waals surface area contributed by atoms with E-state index < -0.39 is 38.9 Å². The van der Waals surface area contributed by atoms with Gasteiger partial charge in [-0.25, -0.2) is 8.42 Å². The molecular weight excluding hydrogens is 588 g/mol. The summed E-state index contributed by atoms with van der Waals surface area (Å²) in [6.07, 6.45) is 0.635. The Labute approximate surface area is 256 Å². The lowest BCUT2D eigenvalue weighted by atomic mass is 9.82. The summed E-state index contributed by atoms with van der Waals surface area (Å²) >= 11 is 0. The smallest absolute Gasteiger partial charge is 0.296 e. The number of aliphatic hydroxyl groups is 1. The van der Waals surface area contributed by atoms with Gasteiger partial charge in [-0.2, -0.15) is 4.31 Å². The quantitative estimate of drug-likeness (QED) is 0.262. The molecule has 13 heteroatoms. The molecule has 1 N–H and O–H groups in total. The number of likely N-dealkylation sites (tertiary alicyclic amines) is 1. The molecule has 4 aliphatic heterocycles. The van der Waals surface area contributed by atoms with E-state index in [1.807, 2.05) is 6.92 Å². The molecule has 0 aliphatic carbocycles. The van der Waals surface area contributed by atoms with Gasteiger partial charge in [0.05, 0.1) is 42.6 Å². The van der Waals surface area contributed by atoms with E-state index in [1.54, 1.807) is 29.2 Å². The normalized spacial score (nSPS) is 24.4. The molecule has 0 bridgehead atoms. The maximum absolute atomic E-state index is 14.5. The molecule has 2 aromatic carbocycles. The fourth-order valence-corrected chi connectivity index (χ4v) is 7.95. The van der Waals surface area contributed by atoms with E-state index in [-0.39, 0.29) is 35.7 Å². The van der Waals surface area contributed by atoms with Gasteiger partial charge in [-0.15, -0.1) is 0 Å². The van der Waals surface area contributed by atoms with Crippen LogP contribution in [0.25, 0.3) is 5.76 Å². The Kier molecular flexibility index (Phi) is 8.33. The molecule has 12 nitrogen and oxygen atoms in total. The van der Waals surface area contributed by atoms with Crippen LogP contribution >= 0.6 is 0 Å². The van der Waals surface area contributed by atoms with Gasteiger partial charge in [-0.1, -0.05) is 25.1 Å². The van der Waals surface area contributed by atoms with E-state index in [0.717, 1.165) is 0 Å². The van der Waals surface area contributed by atoms with Crippen LogP contribution in [0.1, 0.15) is 24.5 Å². The van der Waals surface area contributed by atoms with Crippen LogP contribution in [0.15, 0.2) is 59.0 Å². The number of ether oxygens (including phenoxy) is 2. The molecule has 0 radical (unpaired) electrons. The van der Waals surface area contributed by atoms with E-state index in [2.05, 4.69) is 4.90 Å². The van der Waals surface area contributed by atoms with E-state index in [1.165, 1.54) is 33.5 Å². The van der Waals surface area contributed by atoms with Crippen molar-refractivity contribution in [3.8, 4) is 0 Å². The van der Waals surface area contributed by atoms with Gasteiger partial charge in [-0.3, -0.25) is 19.3 Å². The third-order valence-corrected chi connectivity index (χ3v) is 10.6. The first-order valence-electron chi connectivity index (χ1n) is 14.9. The highest BCUT2D eigenvalue weighted by Crippen LogP contribution is 2.53. The van der Waals surface area contributed by atoms with Gasteiger partial charge in [0.25, 0.3) is 17.6 Å². The number of nitrogens with zero attached hydrogens (tertiary/aromatic N) is 4. The second-order valence-electron chi connectivity index (χ2n) is 11.2. The maximum atomic E-state index is 14.5. The number of amides is 2. The van der Waals surface area contributed by atoms with Crippen molar-refractivity contribution in [2.24, 2.45) is 0 Å². The Morgan fingerprint density at radius 3 is 2.16 bits per heavy atom. The second kappa shape index (κ2) is 12.1. The van der Waals surface area contributed by atoms with Gasteiger partial charge in [0.15, 0.2) is 5.54 Å². The molecule has 1 unspecified atom stereocenters. The highest BCUT2D eigenvalue weighted by atomic mass is 32.2. The van der Waals surface area contributed by atoms with E-state index >= 15 is 0 Å². The Balaban J connectivity index is 1.46. The first-order chi connectivity index (χ1) is 21.2. The first kappa shape index (κ1) is 30.4. The minimum atomic E-state index is -3.80. The summed E-state index contributed by atoms with van der Waals surface area (Å²) < 4.78 is 38.4. The lowest BCUT2D eigenvalue weighted by molar-refractivity contribution is -0.144. The number of carbonyl (C=O) groups is 3. The molecule has 2 aromatic rings. The number of sulfonamides is 1. The first-order valence-corrected chi connectivity index (χ1v) is 16.4. The number of ketones is 1. The zero-order valence-corrected chi connectivity index (χ0v) is 25.4. The van der Waals surface area contributed by atoms with E-state index in [9.17, 15) is 27.9 Å². The molecule has 2 amide bonds. The number of hydrogen-bond donors (Lipinski definition) is 1. The lowest BCUT2D eigenvalue weighted by Gasteiger charge is -2.36. The number of fused-ring (bicyclic) bond motifs is 2. The molecule has 4 aliphatic rings. The van der Waals surface area contributed by atoms with Gasteiger partial charge >= 0.3 is 0 Å². The van der Waals surface area contributed by atoms with Crippen LogP contribution in [0.5, 0.6) is 0 Å². The van der Waals surface area contributed by atoms with E-state index in [4.69, 9.17) is 9.47 Å². The molecule has 1 atom stereocenters. The number of aliphatic hydroxyl groups excluding tert-OH is 1. The van der Waals surface area contributed by atoms with Gasteiger partial charge in [0, 0.05) is 56.9 Å². The van der Waals surface area contributed by atoms with Gasteiger partial charge in [0.1, 0.15) is 5.76 Å². The highest BCUT2D eigenvalue weighted by molar-refractivity contribution is 7.89. The van der Waals surface area contributed by atoms with Crippen molar-refractivity contribution < 1.29 is 37.4 Å². The lowest BCUT2D eigenvalue weighted by Crippen LogP contribution is -2.54. The Bertz CT molecular complexity index is 1600. The van der Waals surface area contributed by atoms with Gasteiger partial charge in [-0.05, 0) is 36.8 Å². The van der Waals surface area contributed by atoms with Crippen molar-refractivity contribution in [1.82, 2.24) is 14.1 Å². The fourth-order valence-electron chi connectivity index (χ4n) is 6.54. The zero-order valence-electron chi connectivity index (χ0n) is 24.6. The standard InChI is InChI=1S/C31H36N4O8S/c1-2-11-34-25-6-4-3-5-24(25)31(30(34)39)26(28(37)29(38)35(31)13-12-32-14-18-42-19-15-32)27(36)22-7-9-23(10-8-22)44(40,41)33-16-20-43-21-17-33/h3-10,36H,2,11-21H2,1H3/b27-26-. The number of para-hydroxylation sites is 1. The molecule has 4 heterocycles. The van der Waals surface area contributed by atoms with Crippen LogP contribution in [0, 0.1) is 0 Å². The Morgan fingerprint density at radius 2 is 1.50 bits per heavy atom. The van der Waals surface area contributed by atoms with Gasteiger partial charge in [0.2, 0.25) is 10.0 Å². The SMILES string of the molecule is CCCN1C(=O)C2(/C(=C(\O)c3ccc(S(=O)(=O)N4CCOCC4)cc3)C(=O)C(=O)N2CCN2CCOCC2)c2ccccc21. The summed E-state index contributed by atoms with van der Waals surface area (Å²) in [5.41, 5.74) is -1.03. The molecule has 3 fully saturated rings. The van der Waals surface area contributed by atoms with Crippen molar-refractivity contribution >= 4 is 39.1 Å². The van der Waals surface area contributed by atoms with Crippen LogP contribution in [0.4, 0.5) is 5.69 Å². The van der Waals surface area contributed by atoms with Crippen LogP contribution < -0.4 is 4.90 Å². The molecule has 0 aromatic heterocycles. The molecule has 44 heavy (non-hydrogen) atoms. The molecular formula is C31H36N4O8S. The highest BCUT2D eigenvalue weighted by Gasteiger charge is 2.67. The second-order valence-corrected chi connectivity index (χ2v) is 13.1. The molecule has 234 valence electrons. The summed E-state index contributed by atoms with van der Waals surface area (Å²) in [6.45, 7) is 6.26. The van der Waals surface area contributed by atoms with Crippen molar-refractivity contribution in [2.75, 3.05) is 77.1 Å². The largest absolute Gasteiger partial charge is 0.507 e. The summed E-state index contributed by atoms with van der Waals surface area (Å²) in [5.74, 6) is -2.84. The Morgan fingerprint density at radius 1 is 0.864 bits per heavy atom. The van der Waals surface area contributed by atoms with Crippen molar-refractivity contribution in [2.45, 2.75) is 23.8 Å². The summed E-state index contributed by atoms with van der Waals surface area (Å²) in [6, 6.07) is 12.5. The van der Waals surface area contributed by atoms with Crippen molar-refractivity contribution in [1.29, 1.82) is 0 Å². The average molecular weight is 625 g/mol. The minimum absolute atomic E-state index is 0.0213. The monoisotopic (exact) mass is 624 g/mol. The number of morpholine rings is 2. The predicted octanol–water partition coefficient (Wildman–Crippen LogP) is 1.37. The number of carbonyl (C=O) groups excluding carboxylic acids is 3. The topological polar surface area (TPSA) is 137 Å². The summed E-state index contributed by atoms with van der Waals surface area (Å²) in [5, 5.41) is 11.8. The minimum Gasteiger partial charge on any atom is -0.507 e. The van der Waals surface area contributed by atoms with Gasteiger partial charge < -0.3 is 24.4 Å².